The summed E-state index contributed by atoms with van der Waals surface area (Å²) in [4.78, 5) is 39.2. The quantitative estimate of drug-likeness (QED) is 0.714. The maximum absolute atomic E-state index is 11.8. The molecular formula is C17H14ClN3O6. The van der Waals surface area contributed by atoms with Gasteiger partial charge in [-0.15, -0.1) is 0 Å². The maximum atomic E-state index is 11.8. The van der Waals surface area contributed by atoms with Gasteiger partial charge in [0, 0.05) is 23.0 Å². The molecule has 1 aliphatic rings. The van der Waals surface area contributed by atoms with Crippen molar-refractivity contribution >= 4 is 35.1 Å². The summed E-state index contributed by atoms with van der Waals surface area (Å²) in [6.45, 7) is -0.788. The van der Waals surface area contributed by atoms with Crippen molar-refractivity contribution in [2.24, 2.45) is 0 Å². The van der Waals surface area contributed by atoms with Crippen LogP contribution in [-0.4, -0.2) is 42.7 Å². The predicted molar refractivity (Wildman–Crippen MR) is 93.7 cm³/mol. The van der Waals surface area contributed by atoms with E-state index in [-0.39, 0.29) is 12.5 Å². The Hall–Kier alpha value is -3.33. The molecule has 2 N–H and O–H groups in total. The van der Waals surface area contributed by atoms with Crippen molar-refractivity contribution in [2.45, 2.75) is 0 Å². The molecule has 0 atom stereocenters. The molecule has 3 rings (SSSR count). The molecule has 0 fully saturated rings. The Morgan fingerprint density at radius 3 is 2.78 bits per heavy atom. The highest BCUT2D eigenvalue weighted by Gasteiger charge is 2.15. The lowest BCUT2D eigenvalue weighted by Crippen LogP contribution is -2.32. The zero-order valence-corrected chi connectivity index (χ0v) is 14.6. The number of fused-ring (bicyclic) bond motifs is 1. The number of benzene rings is 1. The fourth-order valence-corrected chi connectivity index (χ4v) is 2.30. The van der Waals surface area contributed by atoms with Gasteiger partial charge in [-0.3, -0.25) is 19.4 Å². The Balaban J connectivity index is 1.41. The number of pyridine rings is 1. The van der Waals surface area contributed by atoms with Crippen LogP contribution in [-0.2, 0) is 14.3 Å². The summed E-state index contributed by atoms with van der Waals surface area (Å²) in [5.41, 5.74) is 0.538. The molecule has 1 aromatic heterocycles. The number of halogens is 1. The lowest BCUT2D eigenvalue weighted by Gasteiger charge is -2.08. The number of esters is 1. The SMILES string of the molecule is O=C(COC(=O)CNC(=O)c1cc(Cl)ccn1)Nc1ccc2c(c1)OCO2. The lowest BCUT2D eigenvalue weighted by molar-refractivity contribution is -0.146. The van der Waals surface area contributed by atoms with E-state index in [1.807, 2.05) is 0 Å². The zero-order valence-electron chi connectivity index (χ0n) is 13.9. The zero-order chi connectivity index (χ0) is 19.2. The van der Waals surface area contributed by atoms with Crippen molar-refractivity contribution in [3.63, 3.8) is 0 Å². The van der Waals surface area contributed by atoms with E-state index in [1.165, 1.54) is 18.3 Å². The fourth-order valence-electron chi connectivity index (χ4n) is 2.14. The fraction of sp³-hybridized carbons (Fsp3) is 0.176. The van der Waals surface area contributed by atoms with Gasteiger partial charge in [-0.25, -0.2) is 0 Å². The third-order valence-corrected chi connectivity index (χ3v) is 3.60. The second kappa shape index (κ2) is 8.37. The van der Waals surface area contributed by atoms with Gasteiger partial charge >= 0.3 is 5.97 Å². The predicted octanol–water partition coefficient (Wildman–Crippen LogP) is 1.38. The van der Waals surface area contributed by atoms with Gasteiger partial charge in [0.2, 0.25) is 6.79 Å². The van der Waals surface area contributed by atoms with Crippen LogP contribution in [0.1, 0.15) is 10.5 Å². The minimum Gasteiger partial charge on any atom is -0.454 e. The van der Waals surface area contributed by atoms with E-state index in [0.717, 1.165) is 0 Å². The standard InChI is InChI=1S/C17H14ClN3O6/c18-10-3-4-19-12(5-10)17(24)20-7-16(23)25-8-15(22)21-11-1-2-13-14(6-11)27-9-26-13/h1-6H,7-9H2,(H,20,24)(H,21,22). The van der Waals surface area contributed by atoms with Gasteiger partial charge in [0.15, 0.2) is 18.1 Å². The van der Waals surface area contributed by atoms with Gasteiger partial charge in [-0.2, -0.15) is 0 Å². The maximum Gasteiger partial charge on any atom is 0.325 e. The highest BCUT2D eigenvalue weighted by Crippen LogP contribution is 2.34. The minimum absolute atomic E-state index is 0.0656. The normalized spacial score (nSPS) is 11.6. The number of amides is 2. The van der Waals surface area contributed by atoms with Gasteiger partial charge < -0.3 is 24.8 Å². The average molecular weight is 392 g/mol. The van der Waals surface area contributed by atoms with Crippen LogP contribution in [0.2, 0.25) is 5.02 Å². The molecule has 0 aliphatic carbocycles. The summed E-state index contributed by atoms with van der Waals surface area (Å²) in [6, 6.07) is 7.77. The number of carbonyl (C=O) groups is 3. The van der Waals surface area contributed by atoms with E-state index in [1.54, 1.807) is 18.2 Å². The van der Waals surface area contributed by atoms with E-state index in [0.29, 0.717) is 22.2 Å². The molecule has 0 spiro atoms. The molecule has 10 heteroatoms. The topological polar surface area (TPSA) is 116 Å². The van der Waals surface area contributed by atoms with Gasteiger partial charge in [-0.05, 0) is 24.3 Å². The third kappa shape index (κ3) is 5.08. The number of nitrogens with zero attached hydrogens (tertiary/aromatic N) is 1. The molecule has 0 radical (unpaired) electrons. The Morgan fingerprint density at radius 2 is 1.96 bits per heavy atom. The van der Waals surface area contributed by atoms with Crippen LogP contribution in [0.4, 0.5) is 5.69 Å². The van der Waals surface area contributed by atoms with E-state index < -0.39 is 30.9 Å². The van der Waals surface area contributed by atoms with Crippen LogP contribution in [0.15, 0.2) is 36.5 Å². The number of ether oxygens (including phenoxy) is 3. The highest BCUT2D eigenvalue weighted by atomic mass is 35.5. The van der Waals surface area contributed by atoms with Gasteiger partial charge in [0.05, 0.1) is 0 Å². The summed E-state index contributed by atoms with van der Waals surface area (Å²) < 4.78 is 15.2. The number of nitrogens with one attached hydrogen (secondary N) is 2. The Kier molecular flexibility index (Phi) is 5.72. The summed E-state index contributed by atoms with van der Waals surface area (Å²) in [6.07, 6.45) is 1.37. The first-order valence-corrected chi connectivity index (χ1v) is 8.14. The van der Waals surface area contributed by atoms with Crippen molar-refractivity contribution < 1.29 is 28.6 Å². The second-order valence-electron chi connectivity index (χ2n) is 5.32. The Morgan fingerprint density at radius 1 is 1.15 bits per heavy atom. The number of hydrogen-bond donors (Lipinski definition) is 2. The monoisotopic (exact) mass is 391 g/mol. The summed E-state index contributed by atoms with van der Waals surface area (Å²) in [5.74, 6) is -0.790. The van der Waals surface area contributed by atoms with Crippen LogP contribution in [0.3, 0.4) is 0 Å². The minimum atomic E-state index is -0.772. The third-order valence-electron chi connectivity index (χ3n) is 3.37. The number of rotatable bonds is 6. The number of anilines is 1. The van der Waals surface area contributed by atoms with Crippen molar-refractivity contribution in [1.82, 2.24) is 10.3 Å². The second-order valence-corrected chi connectivity index (χ2v) is 5.76. The Labute approximate surface area is 158 Å². The van der Waals surface area contributed by atoms with Crippen LogP contribution in [0.5, 0.6) is 11.5 Å². The van der Waals surface area contributed by atoms with Crippen molar-refractivity contribution in [1.29, 1.82) is 0 Å². The van der Waals surface area contributed by atoms with Crippen LogP contribution in [0.25, 0.3) is 0 Å². The van der Waals surface area contributed by atoms with Crippen molar-refractivity contribution in [3.8, 4) is 11.5 Å². The van der Waals surface area contributed by atoms with E-state index in [2.05, 4.69) is 15.6 Å². The number of carbonyl (C=O) groups excluding carboxylic acids is 3. The van der Waals surface area contributed by atoms with E-state index >= 15 is 0 Å². The largest absolute Gasteiger partial charge is 0.454 e. The molecule has 1 aliphatic heterocycles. The smallest absolute Gasteiger partial charge is 0.325 e. The number of aromatic nitrogens is 1. The van der Waals surface area contributed by atoms with Crippen LogP contribution < -0.4 is 20.1 Å². The first-order chi connectivity index (χ1) is 13.0. The van der Waals surface area contributed by atoms with E-state index in [4.69, 9.17) is 25.8 Å². The molecular weight excluding hydrogens is 378 g/mol. The summed E-state index contributed by atoms with van der Waals surface area (Å²) in [7, 11) is 0. The molecule has 2 aromatic rings. The molecule has 0 saturated carbocycles. The highest BCUT2D eigenvalue weighted by molar-refractivity contribution is 6.30. The molecule has 9 nitrogen and oxygen atoms in total. The molecule has 0 bridgehead atoms. The first kappa shape index (κ1) is 18.5. The molecule has 1 aromatic carbocycles. The van der Waals surface area contributed by atoms with Crippen molar-refractivity contribution in [2.75, 3.05) is 25.3 Å². The van der Waals surface area contributed by atoms with E-state index in [9.17, 15) is 14.4 Å². The lowest BCUT2D eigenvalue weighted by atomic mass is 10.3. The van der Waals surface area contributed by atoms with Gasteiger partial charge in [0.25, 0.3) is 11.8 Å². The summed E-state index contributed by atoms with van der Waals surface area (Å²) in [5, 5.41) is 5.24. The van der Waals surface area contributed by atoms with Gasteiger partial charge in [-0.1, -0.05) is 11.6 Å². The Bertz CT molecular complexity index is 889. The van der Waals surface area contributed by atoms with Crippen LogP contribution in [0, 0.1) is 0 Å². The van der Waals surface area contributed by atoms with Gasteiger partial charge in [0.1, 0.15) is 12.2 Å². The number of hydrogen-bond acceptors (Lipinski definition) is 7. The average Bonchev–Trinajstić information content (AvgIpc) is 3.12. The molecule has 0 saturated heterocycles. The first-order valence-electron chi connectivity index (χ1n) is 7.76. The molecule has 0 unspecified atom stereocenters. The summed E-state index contributed by atoms with van der Waals surface area (Å²) >= 11 is 5.76. The molecule has 2 amide bonds. The van der Waals surface area contributed by atoms with Crippen molar-refractivity contribution in [3.05, 3.63) is 47.2 Å². The molecule has 2 heterocycles. The molecule has 140 valence electrons. The molecule has 27 heavy (non-hydrogen) atoms. The van der Waals surface area contributed by atoms with Crippen LogP contribution >= 0.6 is 11.6 Å².